The highest BCUT2D eigenvalue weighted by molar-refractivity contribution is 7.92. The van der Waals surface area contributed by atoms with E-state index in [0.29, 0.717) is 35.5 Å². The Morgan fingerprint density at radius 1 is 0.939 bits per heavy atom. The first kappa shape index (κ1) is 22.3. The molecule has 2 heterocycles. The minimum Gasteiger partial charge on any atom is -0.494 e. The van der Waals surface area contributed by atoms with Crippen LogP contribution in [0, 0.1) is 0 Å². The van der Waals surface area contributed by atoms with Crippen molar-refractivity contribution in [1.29, 1.82) is 0 Å². The van der Waals surface area contributed by atoms with Crippen molar-refractivity contribution >= 4 is 15.7 Å². The van der Waals surface area contributed by atoms with E-state index in [1.165, 1.54) is 12.1 Å². The zero-order valence-corrected chi connectivity index (χ0v) is 18.8. The first-order valence-corrected chi connectivity index (χ1v) is 11.9. The summed E-state index contributed by atoms with van der Waals surface area (Å²) in [5.41, 5.74) is 0.409. The number of ether oxygens (including phenoxy) is 2. The van der Waals surface area contributed by atoms with Crippen molar-refractivity contribution in [3.05, 3.63) is 79.4 Å². The zero-order chi connectivity index (χ0) is 23.1. The van der Waals surface area contributed by atoms with Crippen LogP contribution in [0.25, 0.3) is 5.82 Å². The molecule has 4 aromatic rings. The van der Waals surface area contributed by atoms with E-state index in [1.807, 2.05) is 0 Å². The van der Waals surface area contributed by atoms with Crippen molar-refractivity contribution in [3.63, 3.8) is 0 Å². The van der Waals surface area contributed by atoms with Gasteiger partial charge in [0, 0.05) is 24.1 Å². The molecule has 0 fully saturated rings. The standard InChI is InChI=1S/C23H23N5O4S/c1-2-3-16-31-19-8-10-21(11-9-19)33(29,30)27-18-4-6-20(7-5-18)32-23-13-12-22(25-26-23)28-15-14-24-17-28/h4-15,17,27H,2-3,16H2,1H3. The molecular weight excluding hydrogens is 442 g/mol. The fourth-order valence-corrected chi connectivity index (χ4v) is 3.93. The van der Waals surface area contributed by atoms with Crippen molar-refractivity contribution in [1.82, 2.24) is 19.7 Å². The molecule has 10 heteroatoms. The summed E-state index contributed by atoms with van der Waals surface area (Å²) >= 11 is 0. The lowest BCUT2D eigenvalue weighted by Crippen LogP contribution is -2.12. The molecule has 2 aromatic carbocycles. The summed E-state index contributed by atoms with van der Waals surface area (Å²) in [6, 6.07) is 16.3. The number of imidazole rings is 1. The van der Waals surface area contributed by atoms with Crippen LogP contribution in [0.4, 0.5) is 5.69 Å². The van der Waals surface area contributed by atoms with Crippen molar-refractivity contribution in [2.24, 2.45) is 0 Å². The van der Waals surface area contributed by atoms with Crippen LogP contribution in [-0.2, 0) is 10.0 Å². The summed E-state index contributed by atoms with van der Waals surface area (Å²) in [5.74, 6) is 2.07. The number of sulfonamides is 1. The lowest BCUT2D eigenvalue weighted by molar-refractivity contribution is 0.309. The van der Waals surface area contributed by atoms with E-state index < -0.39 is 10.0 Å². The normalized spacial score (nSPS) is 11.2. The maximum absolute atomic E-state index is 12.7. The smallest absolute Gasteiger partial charge is 0.261 e. The van der Waals surface area contributed by atoms with E-state index in [2.05, 4.69) is 26.8 Å². The summed E-state index contributed by atoms with van der Waals surface area (Å²) in [7, 11) is -3.73. The number of hydrogen-bond donors (Lipinski definition) is 1. The fourth-order valence-electron chi connectivity index (χ4n) is 2.87. The summed E-state index contributed by atoms with van der Waals surface area (Å²) < 4.78 is 40.9. The maximum Gasteiger partial charge on any atom is 0.261 e. The Labute approximate surface area is 192 Å². The lowest BCUT2D eigenvalue weighted by atomic mass is 10.3. The van der Waals surface area contributed by atoms with Crippen molar-refractivity contribution in [2.45, 2.75) is 24.7 Å². The molecule has 0 unspecified atom stereocenters. The topological polar surface area (TPSA) is 108 Å². The number of benzene rings is 2. The van der Waals surface area contributed by atoms with Crippen molar-refractivity contribution < 1.29 is 17.9 Å². The predicted molar refractivity (Wildman–Crippen MR) is 123 cm³/mol. The molecule has 1 N–H and O–H groups in total. The quantitative estimate of drug-likeness (QED) is 0.345. The Hall–Kier alpha value is -3.92. The number of anilines is 1. The second-order valence-corrected chi connectivity index (χ2v) is 8.79. The van der Waals surface area contributed by atoms with Crippen LogP contribution in [-0.4, -0.2) is 34.8 Å². The highest BCUT2D eigenvalue weighted by atomic mass is 32.2. The van der Waals surface area contributed by atoms with Gasteiger partial charge in [-0.3, -0.25) is 9.29 Å². The van der Waals surface area contributed by atoms with Crippen LogP contribution in [0.2, 0.25) is 0 Å². The van der Waals surface area contributed by atoms with Gasteiger partial charge in [0.1, 0.15) is 17.8 Å². The molecule has 2 aromatic heterocycles. The fraction of sp³-hybridized carbons (Fsp3) is 0.174. The first-order valence-electron chi connectivity index (χ1n) is 10.4. The summed E-state index contributed by atoms with van der Waals surface area (Å²) in [5, 5.41) is 8.13. The van der Waals surface area contributed by atoms with E-state index in [0.717, 1.165) is 12.8 Å². The molecule has 0 aliphatic carbocycles. The third-order valence-electron chi connectivity index (χ3n) is 4.62. The van der Waals surface area contributed by atoms with Crippen LogP contribution >= 0.6 is 0 Å². The Morgan fingerprint density at radius 2 is 1.70 bits per heavy atom. The largest absolute Gasteiger partial charge is 0.494 e. The number of nitrogens with one attached hydrogen (secondary N) is 1. The van der Waals surface area contributed by atoms with Gasteiger partial charge in [0.25, 0.3) is 10.0 Å². The van der Waals surface area contributed by atoms with Crippen LogP contribution in [0.1, 0.15) is 19.8 Å². The number of rotatable bonds is 10. The number of hydrogen-bond acceptors (Lipinski definition) is 7. The molecular formula is C23H23N5O4S. The van der Waals surface area contributed by atoms with Crippen molar-refractivity contribution in [3.8, 4) is 23.2 Å². The molecule has 9 nitrogen and oxygen atoms in total. The van der Waals surface area contributed by atoms with E-state index >= 15 is 0 Å². The molecule has 0 atom stereocenters. The second-order valence-electron chi connectivity index (χ2n) is 7.11. The van der Waals surface area contributed by atoms with E-state index in [-0.39, 0.29) is 4.90 Å². The Kier molecular flexibility index (Phi) is 6.84. The maximum atomic E-state index is 12.7. The highest BCUT2D eigenvalue weighted by Crippen LogP contribution is 2.24. The number of unbranched alkanes of at least 4 members (excludes halogenated alkanes) is 1. The van der Waals surface area contributed by atoms with Crippen LogP contribution in [0.15, 0.2) is 84.3 Å². The van der Waals surface area contributed by atoms with Gasteiger partial charge in [-0.1, -0.05) is 13.3 Å². The van der Waals surface area contributed by atoms with Gasteiger partial charge in [0.15, 0.2) is 5.82 Å². The number of nitrogens with zero attached hydrogens (tertiary/aromatic N) is 4. The molecule has 0 aliphatic heterocycles. The number of aromatic nitrogens is 4. The summed E-state index contributed by atoms with van der Waals surface area (Å²) in [6.45, 7) is 2.69. The van der Waals surface area contributed by atoms with Gasteiger partial charge in [-0.05, 0) is 61.0 Å². The Balaban J connectivity index is 1.36. The molecule has 0 saturated carbocycles. The minimum absolute atomic E-state index is 0.152. The van der Waals surface area contributed by atoms with Crippen LogP contribution < -0.4 is 14.2 Å². The SMILES string of the molecule is CCCCOc1ccc(S(=O)(=O)Nc2ccc(Oc3ccc(-n4ccnc4)nn3)cc2)cc1. The van der Waals surface area contributed by atoms with Gasteiger partial charge in [-0.25, -0.2) is 13.4 Å². The van der Waals surface area contributed by atoms with Gasteiger partial charge < -0.3 is 9.47 Å². The predicted octanol–water partition coefficient (Wildman–Crippen LogP) is 4.43. The van der Waals surface area contributed by atoms with E-state index in [4.69, 9.17) is 9.47 Å². The van der Waals surface area contributed by atoms with Gasteiger partial charge in [-0.2, -0.15) is 0 Å². The van der Waals surface area contributed by atoms with Gasteiger partial charge >= 0.3 is 0 Å². The molecule has 0 amide bonds. The zero-order valence-electron chi connectivity index (χ0n) is 18.0. The van der Waals surface area contributed by atoms with E-state index in [1.54, 1.807) is 71.8 Å². The van der Waals surface area contributed by atoms with Gasteiger partial charge in [0.2, 0.25) is 5.88 Å². The third kappa shape index (κ3) is 5.86. The lowest BCUT2D eigenvalue weighted by Gasteiger charge is -2.10. The molecule has 0 saturated heterocycles. The molecule has 33 heavy (non-hydrogen) atoms. The van der Waals surface area contributed by atoms with Gasteiger partial charge in [-0.15, -0.1) is 10.2 Å². The van der Waals surface area contributed by atoms with E-state index in [9.17, 15) is 8.42 Å². The Morgan fingerprint density at radius 3 is 2.33 bits per heavy atom. The molecule has 0 bridgehead atoms. The second kappa shape index (κ2) is 10.1. The molecule has 0 aliphatic rings. The molecule has 170 valence electrons. The Bertz CT molecular complexity index is 1260. The molecule has 0 radical (unpaired) electrons. The third-order valence-corrected chi connectivity index (χ3v) is 6.02. The summed E-state index contributed by atoms with van der Waals surface area (Å²) in [6.07, 6.45) is 7.02. The molecule has 0 spiro atoms. The highest BCUT2D eigenvalue weighted by Gasteiger charge is 2.14. The average molecular weight is 466 g/mol. The van der Waals surface area contributed by atoms with Crippen molar-refractivity contribution in [2.75, 3.05) is 11.3 Å². The minimum atomic E-state index is -3.73. The van der Waals surface area contributed by atoms with Crippen LogP contribution in [0.3, 0.4) is 0 Å². The molecule has 4 rings (SSSR count). The first-order chi connectivity index (χ1) is 16.0. The monoisotopic (exact) mass is 465 g/mol. The van der Waals surface area contributed by atoms with Crippen LogP contribution in [0.5, 0.6) is 17.4 Å². The summed E-state index contributed by atoms with van der Waals surface area (Å²) in [4.78, 5) is 4.12. The van der Waals surface area contributed by atoms with Gasteiger partial charge in [0.05, 0.1) is 11.5 Å². The average Bonchev–Trinajstić information content (AvgIpc) is 3.36.